The molecule has 0 saturated carbocycles. The molecule has 0 saturated heterocycles. The van der Waals surface area contributed by atoms with Gasteiger partial charge in [-0.05, 0) is 26.0 Å². The summed E-state index contributed by atoms with van der Waals surface area (Å²) in [6.07, 6.45) is 0.0859. The predicted molar refractivity (Wildman–Crippen MR) is 73.8 cm³/mol. The standard InChI is InChI=1S/C14H22N2O2/c1-12(2)18-11-14(17)15-9-10-16(3)13-7-5-4-6-8-13/h4-8,12H,9-11H2,1-3H3,(H,15,17). The van der Waals surface area contributed by atoms with E-state index >= 15 is 0 Å². The van der Waals surface area contributed by atoms with Gasteiger partial charge in [-0.25, -0.2) is 0 Å². The second kappa shape index (κ2) is 7.71. The van der Waals surface area contributed by atoms with Gasteiger partial charge in [-0.2, -0.15) is 0 Å². The molecule has 0 aliphatic rings. The lowest BCUT2D eigenvalue weighted by Crippen LogP contribution is -2.35. The van der Waals surface area contributed by atoms with Gasteiger partial charge in [0.2, 0.25) is 5.91 Å². The number of nitrogens with one attached hydrogen (secondary N) is 1. The van der Waals surface area contributed by atoms with Crippen LogP contribution in [0.5, 0.6) is 0 Å². The Morgan fingerprint density at radius 1 is 1.33 bits per heavy atom. The van der Waals surface area contributed by atoms with Gasteiger partial charge in [0.05, 0.1) is 6.10 Å². The molecule has 0 bridgehead atoms. The van der Waals surface area contributed by atoms with E-state index in [1.807, 2.05) is 51.2 Å². The Kier molecular flexibility index (Phi) is 6.22. The Hall–Kier alpha value is -1.55. The fourth-order valence-electron chi connectivity index (χ4n) is 1.47. The van der Waals surface area contributed by atoms with Crippen LogP contribution in [-0.4, -0.2) is 38.8 Å². The fraction of sp³-hybridized carbons (Fsp3) is 0.500. The highest BCUT2D eigenvalue weighted by atomic mass is 16.5. The molecule has 18 heavy (non-hydrogen) atoms. The molecule has 0 aliphatic carbocycles. The SMILES string of the molecule is CC(C)OCC(=O)NCCN(C)c1ccccc1. The molecule has 0 aliphatic heterocycles. The van der Waals surface area contributed by atoms with Crippen molar-refractivity contribution < 1.29 is 9.53 Å². The summed E-state index contributed by atoms with van der Waals surface area (Å²) in [6, 6.07) is 10.1. The minimum atomic E-state index is -0.0647. The molecule has 100 valence electrons. The topological polar surface area (TPSA) is 41.6 Å². The van der Waals surface area contributed by atoms with E-state index in [-0.39, 0.29) is 18.6 Å². The van der Waals surface area contributed by atoms with E-state index in [1.54, 1.807) is 0 Å². The third-order valence-electron chi connectivity index (χ3n) is 2.51. The van der Waals surface area contributed by atoms with Crippen molar-refractivity contribution in [1.29, 1.82) is 0 Å². The number of benzene rings is 1. The first-order valence-electron chi connectivity index (χ1n) is 6.24. The smallest absolute Gasteiger partial charge is 0.246 e. The fourth-order valence-corrected chi connectivity index (χ4v) is 1.47. The number of hydrogen-bond donors (Lipinski definition) is 1. The number of ether oxygens (including phenoxy) is 1. The second-order valence-corrected chi connectivity index (χ2v) is 4.47. The summed E-state index contributed by atoms with van der Waals surface area (Å²) in [5.41, 5.74) is 1.14. The minimum absolute atomic E-state index is 0.0647. The van der Waals surface area contributed by atoms with E-state index in [9.17, 15) is 4.79 Å². The highest BCUT2D eigenvalue weighted by Gasteiger charge is 2.04. The lowest BCUT2D eigenvalue weighted by molar-refractivity contribution is -0.127. The van der Waals surface area contributed by atoms with E-state index in [0.717, 1.165) is 12.2 Å². The van der Waals surface area contributed by atoms with Crippen molar-refractivity contribution in [1.82, 2.24) is 5.32 Å². The normalized spacial score (nSPS) is 10.4. The molecule has 0 aromatic heterocycles. The van der Waals surface area contributed by atoms with Crippen LogP contribution in [0, 0.1) is 0 Å². The van der Waals surface area contributed by atoms with Crippen molar-refractivity contribution in [2.24, 2.45) is 0 Å². The van der Waals surface area contributed by atoms with E-state index in [0.29, 0.717) is 6.54 Å². The molecule has 0 fully saturated rings. The maximum Gasteiger partial charge on any atom is 0.246 e. The van der Waals surface area contributed by atoms with Gasteiger partial charge in [-0.3, -0.25) is 4.79 Å². The maximum atomic E-state index is 11.4. The van der Waals surface area contributed by atoms with Crippen molar-refractivity contribution in [2.45, 2.75) is 20.0 Å². The van der Waals surface area contributed by atoms with Crippen LogP contribution in [0.1, 0.15) is 13.8 Å². The van der Waals surface area contributed by atoms with Crippen LogP contribution < -0.4 is 10.2 Å². The lowest BCUT2D eigenvalue weighted by atomic mass is 10.3. The number of likely N-dealkylation sites (N-methyl/N-ethyl adjacent to an activating group) is 1. The van der Waals surface area contributed by atoms with Crippen molar-refractivity contribution in [2.75, 3.05) is 31.6 Å². The highest BCUT2D eigenvalue weighted by molar-refractivity contribution is 5.77. The number of rotatable bonds is 7. The average molecular weight is 250 g/mol. The highest BCUT2D eigenvalue weighted by Crippen LogP contribution is 2.09. The molecule has 1 aromatic rings. The summed E-state index contributed by atoms with van der Waals surface area (Å²) in [4.78, 5) is 13.5. The summed E-state index contributed by atoms with van der Waals surface area (Å²) >= 11 is 0. The third kappa shape index (κ3) is 5.68. The van der Waals surface area contributed by atoms with Crippen LogP contribution >= 0.6 is 0 Å². The summed E-state index contributed by atoms with van der Waals surface area (Å²) in [7, 11) is 2.01. The van der Waals surface area contributed by atoms with Crippen LogP contribution in [0.2, 0.25) is 0 Å². The number of hydrogen-bond acceptors (Lipinski definition) is 3. The molecule has 0 atom stereocenters. The number of para-hydroxylation sites is 1. The van der Waals surface area contributed by atoms with Crippen LogP contribution in [-0.2, 0) is 9.53 Å². The summed E-state index contributed by atoms with van der Waals surface area (Å²) in [5, 5.41) is 2.83. The summed E-state index contributed by atoms with van der Waals surface area (Å²) in [5.74, 6) is -0.0647. The van der Waals surface area contributed by atoms with Crippen molar-refractivity contribution >= 4 is 11.6 Å². The van der Waals surface area contributed by atoms with Gasteiger partial charge in [0, 0.05) is 25.8 Å². The summed E-state index contributed by atoms with van der Waals surface area (Å²) < 4.78 is 5.22. The van der Waals surface area contributed by atoms with Gasteiger partial charge >= 0.3 is 0 Å². The van der Waals surface area contributed by atoms with Crippen LogP contribution in [0.3, 0.4) is 0 Å². The largest absolute Gasteiger partial charge is 0.373 e. The second-order valence-electron chi connectivity index (χ2n) is 4.47. The molecular formula is C14H22N2O2. The van der Waals surface area contributed by atoms with E-state index in [2.05, 4.69) is 10.2 Å². The van der Waals surface area contributed by atoms with Gasteiger partial charge in [0.25, 0.3) is 0 Å². The monoisotopic (exact) mass is 250 g/mol. The number of carbonyl (C=O) groups excluding carboxylic acids is 1. The molecular weight excluding hydrogens is 228 g/mol. The van der Waals surface area contributed by atoms with Crippen LogP contribution in [0.15, 0.2) is 30.3 Å². The van der Waals surface area contributed by atoms with Crippen molar-refractivity contribution in [3.8, 4) is 0 Å². The Morgan fingerprint density at radius 3 is 2.61 bits per heavy atom. The number of anilines is 1. The molecule has 1 N–H and O–H groups in total. The third-order valence-corrected chi connectivity index (χ3v) is 2.51. The van der Waals surface area contributed by atoms with Crippen molar-refractivity contribution in [3.05, 3.63) is 30.3 Å². The Labute approximate surface area is 109 Å². The first-order chi connectivity index (χ1) is 8.59. The molecule has 1 rings (SSSR count). The first-order valence-corrected chi connectivity index (χ1v) is 6.24. The molecule has 1 aromatic carbocycles. The maximum absolute atomic E-state index is 11.4. The molecule has 0 unspecified atom stereocenters. The molecule has 4 nitrogen and oxygen atoms in total. The van der Waals surface area contributed by atoms with E-state index in [4.69, 9.17) is 4.74 Å². The zero-order valence-corrected chi connectivity index (χ0v) is 11.3. The molecule has 0 heterocycles. The molecule has 4 heteroatoms. The van der Waals surface area contributed by atoms with Gasteiger partial charge in [0.1, 0.15) is 6.61 Å². The summed E-state index contributed by atoms with van der Waals surface area (Å²) in [6.45, 7) is 5.35. The Bertz CT molecular complexity index is 352. The molecule has 1 amide bonds. The number of amides is 1. The molecule has 0 spiro atoms. The van der Waals surface area contributed by atoms with E-state index in [1.165, 1.54) is 0 Å². The lowest BCUT2D eigenvalue weighted by Gasteiger charge is -2.19. The predicted octanol–water partition coefficient (Wildman–Crippen LogP) is 1.66. The Morgan fingerprint density at radius 2 is 2.00 bits per heavy atom. The van der Waals surface area contributed by atoms with Gasteiger partial charge in [0.15, 0.2) is 0 Å². The van der Waals surface area contributed by atoms with Gasteiger partial charge in [-0.15, -0.1) is 0 Å². The van der Waals surface area contributed by atoms with Gasteiger partial charge in [-0.1, -0.05) is 18.2 Å². The minimum Gasteiger partial charge on any atom is -0.373 e. The zero-order chi connectivity index (χ0) is 13.4. The number of nitrogens with zero attached hydrogens (tertiary/aromatic N) is 1. The Balaban J connectivity index is 2.19. The quantitative estimate of drug-likeness (QED) is 0.800. The van der Waals surface area contributed by atoms with Crippen LogP contribution in [0.4, 0.5) is 5.69 Å². The number of carbonyl (C=O) groups is 1. The first kappa shape index (κ1) is 14.5. The average Bonchev–Trinajstić information content (AvgIpc) is 2.37. The van der Waals surface area contributed by atoms with Crippen molar-refractivity contribution in [3.63, 3.8) is 0 Å². The van der Waals surface area contributed by atoms with Crippen LogP contribution in [0.25, 0.3) is 0 Å². The van der Waals surface area contributed by atoms with Gasteiger partial charge < -0.3 is 15.0 Å². The van der Waals surface area contributed by atoms with E-state index < -0.39 is 0 Å². The zero-order valence-electron chi connectivity index (χ0n) is 11.3. The molecule has 0 radical (unpaired) electrons.